The standard InChI is InChI=1S/C16H27NO3/c1-14(2)10-5-6-16(14,4)12(7-10)20-13(18)15(3)9-19-8-11(15)17/h10-12H,5-9,17H2,1-4H3. The molecule has 4 heteroatoms. The zero-order valence-electron chi connectivity index (χ0n) is 13.1. The maximum absolute atomic E-state index is 12.6. The van der Waals surface area contributed by atoms with E-state index in [0.29, 0.717) is 19.1 Å². The lowest BCUT2D eigenvalue weighted by Gasteiger charge is -2.39. The van der Waals surface area contributed by atoms with Gasteiger partial charge in [0, 0.05) is 11.5 Å². The molecular formula is C16H27NO3. The first-order chi connectivity index (χ1) is 9.22. The molecule has 0 aromatic carbocycles. The molecule has 3 fully saturated rings. The Labute approximate surface area is 121 Å². The van der Waals surface area contributed by atoms with Crippen molar-refractivity contribution in [1.82, 2.24) is 0 Å². The second kappa shape index (κ2) is 4.20. The quantitative estimate of drug-likeness (QED) is 0.787. The van der Waals surface area contributed by atoms with Crippen LogP contribution in [0.15, 0.2) is 0 Å². The van der Waals surface area contributed by atoms with Crippen LogP contribution >= 0.6 is 0 Å². The van der Waals surface area contributed by atoms with Crippen molar-refractivity contribution in [3.05, 3.63) is 0 Å². The summed E-state index contributed by atoms with van der Waals surface area (Å²) in [5.74, 6) is 0.503. The van der Waals surface area contributed by atoms with Gasteiger partial charge in [0.05, 0.1) is 13.2 Å². The molecule has 2 saturated carbocycles. The second-order valence-electron chi connectivity index (χ2n) is 8.04. The van der Waals surface area contributed by atoms with Gasteiger partial charge in [-0.2, -0.15) is 0 Å². The van der Waals surface area contributed by atoms with Crippen molar-refractivity contribution in [2.24, 2.45) is 27.9 Å². The molecule has 1 saturated heterocycles. The minimum absolute atomic E-state index is 0.0355. The molecule has 5 atom stereocenters. The Morgan fingerprint density at radius 1 is 1.30 bits per heavy atom. The van der Waals surface area contributed by atoms with Gasteiger partial charge in [-0.3, -0.25) is 4.79 Å². The van der Waals surface area contributed by atoms with Gasteiger partial charge >= 0.3 is 5.97 Å². The molecule has 0 spiro atoms. The third kappa shape index (κ3) is 1.64. The molecule has 114 valence electrons. The number of rotatable bonds is 2. The number of carbonyl (C=O) groups is 1. The fourth-order valence-corrected chi connectivity index (χ4v) is 4.47. The summed E-state index contributed by atoms with van der Waals surface area (Å²) < 4.78 is 11.3. The second-order valence-corrected chi connectivity index (χ2v) is 8.04. The highest BCUT2D eigenvalue weighted by Gasteiger charge is 2.63. The number of carbonyl (C=O) groups excluding carboxylic acids is 1. The summed E-state index contributed by atoms with van der Waals surface area (Å²) in [5.41, 5.74) is 5.71. The lowest BCUT2D eigenvalue weighted by molar-refractivity contribution is -0.169. The highest BCUT2D eigenvalue weighted by molar-refractivity contribution is 5.78. The third-order valence-corrected chi connectivity index (χ3v) is 6.95. The minimum atomic E-state index is -0.678. The van der Waals surface area contributed by atoms with Crippen LogP contribution in [0.1, 0.15) is 47.0 Å². The van der Waals surface area contributed by atoms with E-state index in [4.69, 9.17) is 15.2 Å². The first-order valence-electron chi connectivity index (χ1n) is 7.76. The minimum Gasteiger partial charge on any atom is -0.461 e. The topological polar surface area (TPSA) is 61.5 Å². The molecule has 4 nitrogen and oxygen atoms in total. The van der Waals surface area contributed by atoms with Gasteiger partial charge in [0.2, 0.25) is 0 Å². The van der Waals surface area contributed by atoms with Crippen molar-refractivity contribution >= 4 is 5.97 Å². The Hall–Kier alpha value is -0.610. The van der Waals surface area contributed by atoms with Crippen LogP contribution in [-0.4, -0.2) is 31.3 Å². The maximum Gasteiger partial charge on any atom is 0.316 e. The largest absolute Gasteiger partial charge is 0.461 e. The van der Waals surface area contributed by atoms with Crippen LogP contribution in [0.25, 0.3) is 0 Å². The smallest absolute Gasteiger partial charge is 0.316 e. The molecule has 20 heavy (non-hydrogen) atoms. The van der Waals surface area contributed by atoms with Crippen molar-refractivity contribution in [2.45, 2.75) is 59.1 Å². The maximum atomic E-state index is 12.6. The Bertz CT molecular complexity index is 435. The first-order valence-corrected chi connectivity index (χ1v) is 7.76. The number of nitrogens with two attached hydrogens (primary N) is 1. The SMILES string of the molecule is CC1(C(=O)OC2CC3CCC2(C)C3(C)C)COCC1N. The Morgan fingerprint density at radius 3 is 2.45 bits per heavy atom. The fourth-order valence-electron chi connectivity index (χ4n) is 4.47. The predicted octanol–water partition coefficient (Wildman–Crippen LogP) is 2.11. The van der Waals surface area contributed by atoms with Gasteiger partial charge in [-0.25, -0.2) is 0 Å². The molecule has 0 aromatic rings. The van der Waals surface area contributed by atoms with Crippen LogP contribution in [0.3, 0.4) is 0 Å². The molecule has 2 bridgehead atoms. The van der Waals surface area contributed by atoms with Crippen LogP contribution < -0.4 is 5.73 Å². The summed E-state index contributed by atoms with van der Waals surface area (Å²) in [6, 6.07) is -0.255. The van der Waals surface area contributed by atoms with E-state index in [2.05, 4.69) is 20.8 Å². The van der Waals surface area contributed by atoms with E-state index in [1.165, 1.54) is 6.42 Å². The number of hydrogen-bond acceptors (Lipinski definition) is 4. The lowest BCUT2D eigenvalue weighted by atomic mass is 9.70. The number of ether oxygens (including phenoxy) is 2. The average molecular weight is 281 g/mol. The first kappa shape index (κ1) is 14.3. The molecule has 0 aromatic heterocycles. The molecule has 3 aliphatic rings. The summed E-state index contributed by atoms with van der Waals surface area (Å²) in [6.45, 7) is 9.62. The van der Waals surface area contributed by atoms with Gasteiger partial charge in [-0.05, 0) is 37.5 Å². The van der Waals surface area contributed by atoms with E-state index < -0.39 is 5.41 Å². The molecule has 1 aliphatic heterocycles. The van der Waals surface area contributed by atoms with Crippen molar-refractivity contribution in [3.63, 3.8) is 0 Å². The van der Waals surface area contributed by atoms with E-state index in [-0.39, 0.29) is 28.9 Å². The molecule has 0 amide bonds. The van der Waals surface area contributed by atoms with Crippen LogP contribution in [0.2, 0.25) is 0 Å². The van der Waals surface area contributed by atoms with Gasteiger partial charge in [-0.1, -0.05) is 20.8 Å². The van der Waals surface area contributed by atoms with Crippen LogP contribution in [0.4, 0.5) is 0 Å². The van der Waals surface area contributed by atoms with Gasteiger partial charge in [0.25, 0.3) is 0 Å². The van der Waals surface area contributed by atoms with E-state index in [1.54, 1.807) is 0 Å². The zero-order chi connectivity index (χ0) is 14.8. The van der Waals surface area contributed by atoms with E-state index in [0.717, 1.165) is 12.8 Å². The molecular weight excluding hydrogens is 254 g/mol. The van der Waals surface area contributed by atoms with Gasteiger partial charge in [0.1, 0.15) is 11.5 Å². The number of hydrogen-bond donors (Lipinski definition) is 1. The van der Waals surface area contributed by atoms with Crippen molar-refractivity contribution < 1.29 is 14.3 Å². The van der Waals surface area contributed by atoms with Crippen molar-refractivity contribution in [1.29, 1.82) is 0 Å². The summed E-state index contributed by atoms with van der Waals surface area (Å²) in [7, 11) is 0. The summed E-state index contributed by atoms with van der Waals surface area (Å²) >= 11 is 0. The van der Waals surface area contributed by atoms with Crippen molar-refractivity contribution in [3.8, 4) is 0 Å². The molecule has 2 N–H and O–H groups in total. The van der Waals surface area contributed by atoms with E-state index >= 15 is 0 Å². The van der Waals surface area contributed by atoms with Crippen LogP contribution in [0.5, 0.6) is 0 Å². The molecule has 2 aliphatic carbocycles. The predicted molar refractivity (Wildman–Crippen MR) is 76.0 cm³/mol. The van der Waals surface area contributed by atoms with Gasteiger partial charge in [0.15, 0.2) is 0 Å². The van der Waals surface area contributed by atoms with E-state index in [1.807, 2.05) is 6.92 Å². The Kier molecular flexibility index (Phi) is 3.01. The highest BCUT2D eigenvalue weighted by atomic mass is 16.6. The lowest BCUT2D eigenvalue weighted by Crippen LogP contribution is -2.48. The average Bonchev–Trinajstić information content (AvgIpc) is 2.88. The van der Waals surface area contributed by atoms with Gasteiger partial charge < -0.3 is 15.2 Å². The molecule has 3 rings (SSSR count). The van der Waals surface area contributed by atoms with Crippen molar-refractivity contribution in [2.75, 3.05) is 13.2 Å². The molecule has 1 heterocycles. The van der Waals surface area contributed by atoms with Gasteiger partial charge in [-0.15, -0.1) is 0 Å². The number of esters is 1. The third-order valence-electron chi connectivity index (χ3n) is 6.95. The van der Waals surface area contributed by atoms with Crippen LogP contribution in [-0.2, 0) is 14.3 Å². The normalized spacial score (nSPS) is 49.5. The fraction of sp³-hybridized carbons (Fsp3) is 0.938. The summed E-state index contributed by atoms with van der Waals surface area (Å²) in [4.78, 5) is 12.6. The van der Waals surface area contributed by atoms with Crippen LogP contribution in [0, 0.1) is 22.2 Å². The Balaban J connectivity index is 1.75. The monoisotopic (exact) mass is 281 g/mol. The number of fused-ring (bicyclic) bond motifs is 2. The van der Waals surface area contributed by atoms with E-state index in [9.17, 15) is 4.79 Å². The molecule has 5 unspecified atom stereocenters. The highest BCUT2D eigenvalue weighted by Crippen LogP contribution is 2.66. The zero-order valence-corrected chi connectivity index (χ0v) is 13.1. The Morgan fingerprint density at radius 2 is 2.00 bits per heavy atom. The summed E-state index contributed by atoms with van der Waals surface area (Å²) in [6.07, 6.45) is 3.45. The molecule has 0 radical (unpaired) electrons. The summed E-state index contributed by atoms with van der Waals surface area (Å²) in [5, 5.41) is 0.